The summed E-state index contributed by atoms with van der Waals surface area (Å²) in [5.74, 6) is 0.866. The number of ether oxygens (including phenoxy) is 4. The number of esters is 2. The Kier molecular flexibility index (Phi) is 38.1. The molecule has 1 heterocycles. The van der Waals surface area contributed by atoms with E-state index in [2.05, 4.69) is 127 Å². The largest absolute Gasteiger partial charge is 0.490 e. The Balaban J connectivity index is 0.000000684. The summed E-state index contributed by atoms with van der Waals surface area (Å²) in [5.41, 5.74) is 4.53. The number of aliphatic hydroxyl groups excluding tert-OH is 2. The Hall–Kier alpha value is -5.73. The van der Waals surface area contributed by atoms with Gasteiger partial charge in [-0.15, -0.1) is 6.58 Å². The Morgan fingerprint density at radius 3 is 1.48 bits per heavy atom. The number of nitrogens with zero attached hydrogens (tertiary/aromatic N) is 2. The Morgan fingerprint density at radius 1 is 0.642 bits per heavy atom. The van der Waals surface area contributed by atoms with E-state index in [1.807, 2.05) is 86.7 Å². The van der Waals surface area contributed by atoms with Crippen molar-refractivity contribution in [2.45, 2.75) is 200 Å². The molecule has 4 aromatic carbocycles. The summed E-state index contributed by atoms with van der Waals surface area (Å²) in [4.78, 5) is 29.4. The number of aliphatic hydroxyl groups is 2. The van der Waals surface area contributed by atoms with Crippen molar-refractivity contribution in [1.82, 2.24) is 0 Å². The average molecular weight is 1150 g/mol. The third-order valence-electron chi connectivity index (χ3n) is 12.9. The molecule has 3 N–H and O–H groups in total. The van der Waals surface area contributed by atoms with Gasteiger partial charge in [0.05, 0.1) is 11.1 Å². The van der Waals surface area contributed by atoms with E-state index in [0.29, 0.717) is 50.9 Å². The van der Waals surface area contributed by atoms with Crippen LogP contribution in [0.4, 0.5) is 0 Å². The second kappa shape index (κ2) is 42.1. The van der Waals surface area contributed by atoms with E-state index >= 15 is 0 Å². The minimum absolute atomic E-state index is 0.0817. The molecule has 0 aromatic heterocycles. The number of hydrogen-bond donors (Lipinski definition) is 3. The summed E-state index contributed by atoms with van der Waals surface area (Å²) >= 11 is 0. The highest BCUT2D eigenvalue weighted by Crippen LogP contribution is 2.43. The number of carbonyl (C=O) groups is 2. The summed E-state index contributed by atoms with van der Waals surface area (Å²) < 4.78 is 21.9. The van der Waals surface area contributed by atoms with Crippen LogP contribution in [-0.2, 0) is 34.7 Å². The topological polar surface area (TPSA) is 158 Å². The van der Waals surface area contributed by atoms with Gasteiger partial charge in [-0.25, -0.2) is 0 Å². The first-order valence-electron chi connectivity index (χ1n) is 30.0. The van der Waals surface area contributed by atoms with Crippen molar-refractivity contribution in [3.63, 3.8) is 0 Å². The molecule has 450 valence electrons. The minimum atomic E-state index is -1.29. The maximum atomic E-state index is 11.8. The Bertz CT molecular complexity index is 2360. The summed E-state index contributed by atoms with van der Waals surface area (Å²) in [5, 5.41) is 35.0. The molecule has 0 saturated carbocycles. The molecule has 0 amide bonds. The zero-order valence-corrected chi connectivity index (χ0v) is 53.9. The van der Waals surface area contributed by atoms with Crippen LogP contribution in [0.15, 0.2) is 127 Å². The maximum Gasteiger partial charge on any atom is 0.366 e. The molecule has 1 aliphatic heterocycles. The van der Waals surface area contributed by atoms with Crippen LogP contribution in [0.5, 0.6) is 11.5 Å². The molecule has 0 aliphatic carbocycles. The van der Waals surface area contributed by atoms with Crippen LogP contribution in [0.2, 0.25) is 51.4 Å². The molecule has 81 heavy (non-hydrogen) atoms. The Morgan fingerprint density at radius 2 is 1.07 bits per heavy atom. The lowest BCUT2D eigenvalue weighted by Gasteiger charge is -2.35. The monoisotopic (exact) mass is 1150 g/mol. The lowest BCUT2D eigenvalue weighted by Crippen LogP contribution is -2.38. The fourth-order valence-corrected chi connectivity index (χ4v) is 11.6. The zero-order chi connectivity index (χ0) is 60.4. The predicted octanol–water partition coefficient (Wildman–Crippen LogP) is 16.7. The van der Waals surface area contributed by atoms with E-state index in [4.69, 9.17) is 39.2 Å². The highest BCUT2D eigenvalue weighted by molar-refractivity contribution is 6.76. The molecule has 0 saturated heterocycles. The maximum absolute atomic E-state index is 11.8. The standard InChI is InChI=1S/C31H45NO5Si.C25H31NO5.C6H14Si.C3H8.C2H6/c1-5-6-19-31(25-12-8-7-9-13-25,29-23-28(37-32-29)24-38(2,3)4)26-15-17-27(18-16-26)35-21-22-36-30(34)14-10-11-20-33;1-2-3-16-25(20-26-29,21-9-5-4-6-10-21)22-12-14-23(15-13-22)30-18-19-31-24(28)11-7-8-17-27;1-5-6-7(2,3)4;1-3-2;1-2/h7-9,12-13,15-18,28,33H,5-6,10-11,14,19-24H2,1-4H3;4-6,9-10,12-15,27H,2-3,7-8,11,16-19H2,1H3;5H,1,6H2,2-4H3;3H2,1-2H3;1-2H3/p+1. The molecular weight excluding hydrogens is 1050 g/mol. The van der Waals surface area contributed by atoms with E-state index in [-0.39, 0.29) is 56.5 Å². The van der Waals surface area contributed by atoms with Gasteiger partial charge < -0.3 is 34.0 Å². The van der Waals surface area contributed by atoms with Crippen molar-refractivity contribution in [3.8, 4) is 17.6 Å². The molecule has 5 rings (SSSR count). The normalized spacial score (nSPS) is 13.9. The lowest BCUT2D eigenvalue weighted by atomic mass is 9.66. The van der Waals surface area contributed by atoms with Gasteiger partial charge in [0, 0.05) is 48.6 Å². The summed E-state index contributed by atoms with van der Waals surface area (Å²) in [7, 11) is -2.07. The van der Waals surface area contributed by atoms with Gasteiger partial charge in [-0.1, -0.05) is 209 Å². The second-order valence-corrected chi connectivity index (χ2v) is 33.6. The average Bonchev–Trinajstić information content (AvgIpc) is 4.08. The minimum Gasteiger partial charge on any atom is -0.490 e. The van der Waals surface area contributed by atoms with Crippen LogP contribution in [-0.4, -0.2) is 95.0 Å². The number of rotatable bonds is 31. The Labute approximate surface area is 491 Å². The van der Waals surface area contributed by atoms with Crippen molar-refractivity contribution >= 4 is 33.8 Å². The van der Waals surface area contributed by atoms with E-state index in [0.717, 1.165) is 73.6 Å². The van der Waals surface area contributed by atoms with Gasteiger partial charge in [-0.3, -0.25) is 9.59 Å². The summed E-state index contributed by atoms with van der Waals surface area (Å²) in [6, 6.07) is 41.8. The quantitative estimate of drug-likeness (QED) is 0.0146. The van der Waals surface area contributed by atoms with Gasteiger partial charge >= 0.3 is 18.0 Å². The fraction of sp³-hybridized carbons (Fsp3) is 0.552. The third kappa shape index (κ3) is 28.7. The van der Waals surface area contributed by atoms with Crippen molar-refractivity contribution in [1.29, 1.82) is 0 Å². The first kappa shape index (κ1) is 73.3. The number of allylic oxidation sites excluding steroid dienone is 1. The van der Waals surface area contributed by atoms with Crippen LogP contribution in [0.25, 0.3) is 5.01 Å². The molecule has 14 heteroatoms. The molecule has 3 atom stereocenters. The highest BCUT2D eigenvalue weighted by Gasteiger charge is 2.44. The molecule has 0 fully saturated rings. The van der Waals surface area contributed by atoms with Gasteiger partial charge in [0.25, 0.3) is 0 Å². The van der Waals surface area contributed by atoms with Crippen LogP contribution in [0.1, 0.15) is 154 Å². The molecule has 0 spiro atoms. The molecule has 3 unspecified atom stereocenters. The van der Waals surface area contributed by atoms with Crippen molar-refractivity contribution in [3.05, 3.63) is 149 Å². The first-order chi connectivity index (χ1) is 38.9. The van der Waals surface area contributed by atoms with Crippen molar-refractivity contribution in [2.75, 3.05) is 39.6 Å². The summed E-state index contributed by atoms with van der Waals surface area (Å²) in [6.45, 7) is 31.6. The lowest BCUT2D eigenvalue weighted by molar-refractivity contribution is -0.145. The molecule has 12 nitrogen and oxygen atoms in total. The van der Waals surface area contributed by atoms with Crippen LogP contribution in [0, 0.1) is 6.07 Å². The number of hydrogen-bond acceptors (Lipinski definition) is 11. The van der Waals surface area contributed by atoms with Gasteiger partial charge in [0.2, 0.25) is 5.01 Å². The molecule has 4 aromatic rings. The first-order valence-corrected chi connectivity index (χ1v) is 37.4. The molecule has 0 bridgehead atoms. The van der Waals surface area contributed by atoms with E-state index in [1.165, 1.54) is 23.6 Å². The fourth-order valence-electron chi connectivity index (χ4n) is 9.10. The molecule has 0 radical (unpaired) electrons. The van der Waals surface area contributed by atoms with Gasteiger partial charge in [0.1, 0.15) is 44.0 Å². The molecule has 1 aliphatic rings. The van der Waals surface area contributed by atoms with Gasteiger partial charge in [-0.2, -0.15) is 5.21 Å². The number of carbonyl (C=O) groups excluding carboxylic acids is 2. The predicted molar refractivity (Wildman–Crippen MR) is 341 cm³/mol. The summed E-state index contributed by atoms with van der Waals surface area (Å²) in [6.07, 6.45) is 13.2. The van der Waals surface area contributed by atoms with Gasteiger partial charge in [0.15, 0.2) is 5.41 Å². The van der Waals surface area contributed by atoms with Crippen LogP contribution < -0.4 is 9.47 Å². The van der Waals surface area contributed by atoms with Crippen LogP contribution >= 0.6 is 0 Å². The van der Waals surface area contributed by atoms with Gasteiger partial charge in [-0.05, 0) is 97.1 Å². The van der Waals surface area contributed by atoms with Crippen LogP contribution in [0.3, 0.4) is 0 Å². The SMILES string of the molecule is C=CC[Si](C)(C)C.CC.CCC.CCCCC(C#[N+]O)(c1ccccc1)c1ccc(OCCOC(=O)CCCCO)cc1.CCCCC(C1=NOC(C[Si](C)(C)C)C1)(c1ccccc1)c1ccc(OCCOC(=O)CCCCO)cc1. The molecular formula is C67H105N2O10Si2+. The zero-order valence-electron chi connectivity index (χ0n) is 51.9. The smallest absolute Gasteiger partial charge is 0.366 e. The second-order valence-electron chi connectivity index (χ2n) is 22.5. The number of benzene rings is 4. The van der Waals surface area contributed by atoms with E-state index in [9.17, 15) is 14.8 Å². The van der Waals surface area contributed by atoms with E-state index < -0.39 is 21.6 Å². The number of oxime groups is 1. The van der Waals surface area contributed by atoms with Crippen molar-refractivity contribution in [2.24, 2.45) is 5.16 Å². The highest BCUT2D eigenvalue weighted by atomic mass is 28.3. The third-order valence-corrected chi connectivity index (χ3v) is 16.1. The van der Waals surface area contributed by atoms with E-state index in [1.54, 1.807) is 0 Å². The number of unbranched alkanes of at least 4 members (excludes halogenated alkanes) is 4. The van der Waals surface area contributed by atoms with Crippen molar-refractivity contribution < 1.29 is 48.8 Å².